The number of fused-ring (bicyclic) bond motifs is 1. The van der Waals surface area contributed by atoms with Crippen molar-refractivity contribution in [1.82, 2.24) is 4.98 Å². The van der Waals surface area contributed by atoms with Crippen LogP contribution in [0.15, 0.2) is 36.5 Å². The Hall–Kier alpha value is -1.41. The Bertz CT molecular complexity index is 521. The Kier molecular flexibility index (Phi) is 2.81. The van der Waals surface area contributed by atoms with Gasteiger partial charge in [0.05, 0.1) is 5.52 Å². The molecule has 1 heterocycles. The lowest BCUT2D eigenvalue weighted by molar-refractivity contribution is 0.393. The number of nitrogens with two attached hydrogens (primary N) is 1. The van der Waals surface area contributed by atoms with Gasteiger partial charge in [0, 0.05) is 17.6 Å². The van der Waals surface area contributed by atoms with Crippen LogP contribution in [0, 0.1) is 0 Å². The summed E-state index contributed by atoms with van der Waals surface area (Å²) in [6.07, 6.45) is 6.70. The summed E-state index contributed by atoms with van der Waals surface area (Å²) in [5, 5.41) is 1.24. The number of benzene rings is 1. The van der Waals surface area contributed by atoms with Gasteiger partial charge in [0.25, 0.3) is 0 Å². The van der Waals surface area contributed by atoms with Crippen LogP contribution in [0.3, 0.4) is 0 Å². The monoisotopic (exact) mass is 226 g/mol. The highest BCUT2D eigenvalue weighted by Gasteiger charge is 2.20. The molecule has 1 saturated carbocycles. The van der Waals surface area contributed by atoms with Crippen molar-refractivity contribution in [2.24, 2.45) is 5.73 Å². The first kappa shape index (κ1) is 10.7. The summed E-state index contributed by atoms with van der Waals surface area (Å²) in [7, 11) is 0. The fraction of sp³-hybridized carbons (Fsp3) is 0.400. The molecular weight excluding hydrogens is 208 g/mol. The van der Waals surface area contributed by atoms with Gasteiger partial charge in [0.15, 0.2) is 0 Å². The van der Waals surface area contributed by atoms with Gasteiger partial charge in [-0.25, -0.2) is 0 Å². The van der Waals surface area contributed by atoms with Gasteiger partial charge in [-0.1, -0.05) is 18.6 Å². The summed E-state index contributed by atoms with van der Waals surface area (Å²) in [6.45, 7) is 0. The summed E-state index contributed by atoms with van der Waals surface area (Å²) < 4.78 is 0. The van der Waals surface area contributed by atoms with Crippen molar-refractivity contribution >= 4 is 10.9 Å². The first-order chi connectivity index (χ1) is 8.33. The Balaban J connectivity index is 1.94. The van der Waals surface area contributed by atoms with Crippen molar-refractivity contribution in [3.05, 3.63) is 42.1 Å². The molecule has 2 atom stereocenters. The minimum absolute atomic E-state index is 0.387. The minimum Gasteiger partial charge on any atom is -0.328 e. The van der Waals surface area contributed by atoms with Crippen LogP contribution in [0.1, 0.15) is 37.2 Å². The summed E-state index contributed by atoms with van der Waals surface area (Å²) >= 11 is 0. The lowest BCUT2D eigenvalue weighted by Crippen LogP contribution is -2.26. The first-order valence-corrected chi connectivity index (χ1v) is 6.43. The lowest BCUT2D eigenvalue weighted by Gasteiger charge is -2.27. The first-order valence-electron chi connectivity index (χ1n) is 6.43. The third-order valence-electron chi connectivity index (χ3n) is 3.81. The molecule has 1 aromatic carbocycles. The SMILES string of the molecule is NC1CCCC(c2ccc3ncccc3c2)C1. The Morgan fingerprint density at radius 3 is 3.00 bits per heavy atom. The van der Waals surface area contributed by atoms with Crippen LogP contribution in [-0.2, 0) is 0 Å². The molecule has 0 amide bonds. The Morgan fingerprint density at radius 2 is 2.12 bits per heavy atom. The molecule has 1 fully saturated rings. The molecule has 1 aliphatic carbocycles. The van der Waals surface area contributed by atoms with Crippen LogP contribution in [0.5, 0.6) is 0 Å². The standard InChI is InChI=1S/C15H18N2/c16-14-5-1-3-11(10-14)12-6-7-15-13(9-12)4-2-8-17-15/h2,4,6-9,11,14H,1,3,5,10,16H2. The molecule has 2 nitrogen and oxygen atoms in total. The number of aromatic nitrogens is 1. The molecule has 1 aliphatic rings. The van der Waals surface area contributed by atoms with E-state index in [2.05, 4.69) is 29.2 Å². The molecule has 0 aliphatic heterocycles. The molecule has 2 N–H and O–H groups in total. The number of rotatable bonds is 1. The van der Waals surface area contributed by atoms with Gasteiger partial charge in [-0.2, -0.15) is 0 Å². The zero-order valence-electron chi connectivity index (χ0n) is 9.97. The van der Waals surface area contributed by atoms with Crippen LogP contribution >= 0.6 is 0 Å². The number of hydrogen-bond acceptors (Lipinski definition) is 2. The predicted octanol–water partition coefficient (Wildman–Crippen LogP) is 3.22. The van der Waals surface area contributed by atoms with E-state index in [0.717, 1.165) is 11.9 Å². The molecular formula is C15H18N2. The second-order valence-electron chi connectivity index (χ2n) is 5.08. The van der Waals surface area contributed by atoms with Crippen molar-refractivity contribution in [2.75, 3.05) is 0 Å². The molecule has 0 bridgehead atoms. The molecule has 88 valence electrons. The topological polar surface area (TPSA) is 38.9 Å². The van der Waals surface area contributed by atoms with Crippen molar-refractivity contribution < 1.29 is 0 Å². The molecule has 2 aromatic rings. The van der Waals surface area contributed by atoms with Crippen molar-refractivity contribution in [3.63, 3.8) is 0 Å². The van der Waals surface area contributed by atoms with Gasteiger partial charge in [0.2, 0.25) is 0 Å². The van der Waals surface area contributed by atoms with E-state index in [0.29, 0.717) is 12.0 Å². The van der Waals surface area contributed by atoms with Crippen molar-refractivity contribution in [3.8, 4) is 0 Å². The zero-order chi connectivity index (χ0) is 11.7. The number of pyridine rings is 1. The summed E-state index contributed by atoms with van der Waals surface area (Å²) in [5.41, 5.74) is 8.57. The van der Waals surface area contributed by atoms with Crippen molar-refractivity contribution in [1.29, 1.82) is 0 Å². The van der Waals surface area contributed by atoms with E-state index in [1.807, 2.05) is 12.3 Å². The van der Waals surface area contributed by atoms with Gasteiger partial charge in [-0.3, -0.25) is 4.98 Å². The maximum absolute atomic E-state index is 6.06. The van der Waals surface area contributed by atoms with Crippen LogP contribution in [0.2, 0.25) is 0 Å². The normalized spacial score (nSPS) is 25.0. The van der Waals surface area contributed by atoms with Crippen LogP contribution < -0.4 is 5.73 Å². The Morgan fingerprint density at radius 1 is 1.18 bits per heavy atom. The molecule has 0 spiro atoms. The van der Waals surface area contributed by atoms with Crippen LogP contribution in [0.25, 0.3) is 10.9 Å². The van der Waals surface area contributed by atoms with Gasteiger partial charge in [-0.15, -0.1) is 0 Å². The van der Waals surface area contributed by atoms with E-state index in [4.69, 9.17) is 5.73 Å². The van der Waals surface area contributed by atoms with E-state index in [1.165, 1.54) is 30.2 Å². The third-order valence-corrected chi connectivity index (χ3v) is 3.81. The van der Waals surface area contributed by atoms with E-state index in [9.17, 15) is 0 Å². The second kappa shape index (κ2) is 4.46. The molecule has 1 aromatic heterocycles. The number of nitrogens with zero attached hydrogens (tertiary/aromatic N) is 1. The Labute approximate surface area is 102 Å². The number of hydrogen-bond donors (Lipinski definition) is 1. The molecule has 2 unspecified atom stereocenters. The average Bonchev–Trinajstić information content (AvgIpc) is 2.38. The van der Waals surface area contributed by atoms with Gasteiger partial charge >= 0.3 is 0 Å². The molecule has 2 heteroatoms. The maximum atomic E-state index is 6.06. The minimum atomic E-state index is 0.387. The highest BCUT2D eigenvalue weighted by molar-refractivity contribution is 5.79. The summed E-state index contributed by atoms with van der Waals surface area (Å²) in [4.78, 5) is 4.36. The van der Waals surface area contributed by atoms with Crippen LogP contribution in [0.4, 0.5) is 0 Å². The predicted molar refractivity (Wildman–Crippen MR) is 70.9 cm³/mol. The van der Waals surface area contributed by atoms with Gasteiger partial charge in [-0.05, 0) is 48.9 Å². The van der Waals surface area contributed by atoms with Gasteiger partial charge in [0.1, 0.15) is 0 Å². The smallest absolute Gasteiger partial charge is 0.0702 e. The molecule has 0 radical (unpaired) electrons. The highest BCUT2D eigenvalue weighted by Crippen LogP contribution is 2.33. The van der Waals surface area contributed by atoms with E-state index in [-0.39, 0.29) is 0 Å². The molecule has 17 heavy (non-hydrogen) atoms. The molecule has 0 saturated heterocycles. The fourth-order valence-electron chi connectivity index (χ4n) is 2.88. The fourth-order valence-corrected chi connectivity index (χ4v) is 2.88. The van der Waals surface area contributed by atoms with E-state index >= 15 is 0 Å². The zero-order valence-corrected chi connectivity index (χ0v) is 9.97. The maximum Gasteiger partial charge on any atom is 0.0702 e. The van der Waals surface area contributed by atoms with E-state index in [1.54, 1.807) is 0 Å². The lowest BCUT2D eigenvalue weighted by atomic mass is 9.81. The summed E-state index contributed by atoms with van der Waals surface area (Å²) in [5.74, 6) is 0.642. The van der Waals surface area contributed by atoms with Crippen molar-refractivity contribution in [2.45, 2.75) is 37.6 Å². The summed E-state index contributed by atoms with van der Waals surface area (Å²) in [6, 6.07) is 11.2. The molecule has 3 rings (SSSR count). The van der Waals surface area contributed by atoms with E-state index < -0.39 is 0 Å². The van der Waals surface area contributed by atoms with Crippen LogP contribution in [-0.4, -0.2) is 11.0 Å². The quantitative estimate of drug-likeness (QED) is 0.811. The highest BCUT2D eigenvalue weighted by atomic mass is 14.6. The average molecular weight is 226 g/mol. The second-order valence-corrected chi connectivity index (χ2v) is 5.08. The van der Waals surface area contributed by atoms with Gasteiger partial charge < -0.3 is 5.73 Å². The largest absolute Gasteiger partial charge is 0.328 e. The third kappa shape index (κ3) is 2.18.